The fourth-order valence-electron chi connectivity index (χ4n) is 2.11. The van der Waals surface area contributed by atoms with Gasteiger partial charge in [0, 0.05) is 11.9 Å². The van der Waals surface area contributed by atoms with E-state index in [2.05, 4.69) is 4.98 Å². The Balaban J connectivity index is 1.83. The van der Waals surface area contributed by atoms with Crippen LogP contribution in [0.25, 0.3) is 0 Å². The minimum Gasteiger partial charge on any atom is -0.490 e. The fraction of sp³-hybridized carbons (Fsp3) is 0.312. The van der Waals surface area contributed by atoms with Gasteiger partial charge in [-0.25, -0.2) is 0 Å². The van der Waals surface area contributed by atoms with Gasteiger partial charge in [0.1, 0.15) is 5.75 Å². The highest BCUT2D eigenvalue weighted by molar-refractivity contribution is 5.36. The Morgan fingerprint density at radius 1 is 1.21 bits per heavy atom. The van der Waals surface area contributed by atoms with Crippen molar-refractivity contribution in [3.8, 4) is 5.75 Å². The molecule has 0 spiro atoms. The summed E-state index contributed by atoms with van der Waals surface area (Å²) < 4.78 is 5.81. The first-order valence-electron chi connectivity index (χ1n) is 6.67. The lowest BCUT2D eigenvalue weighted by Gasteiger charge is -2.14. The molecule has 0 amide bonds. The molecule has 2 N–H and O–H groups in total. The van der Waals surface area contributed by atoms with Crippen LogP contribution in [0, 0.1) is 6.92 Å². The van der Waals surface area contributed by atoms with E-state index in [0.717, 1.165) is 22.6 Å². The van der Waals surface area contributed by atoms with Crippen molar-refractivity contribution in [1.82, 2.24) is 4.98 Å². The summed E-state index contributed by atoms with van der Waals surface area (Å²) in [5.74, 6) is 0.918. The molecular formula is C16H18N2O. The predicted octanol–water partition coefficient (Wildman–Crippen LogP) is 2.98. The molecule has 1 aromatic heterocycles. The SMILES string of the molecule is Cc1cc(C(N)c2cccc(OC3CC3)c2)ccn1. The van der Waals surface area contributed by atoms with Crippen LogP contribution >= 0.6 is 0 Å². The van der Waals surface area contributed by atoms with Gasteiger partial charge in [-0.1, -0.05) is 12.1 Å². The van der Waals surface area contributed by atoms with Crippen molar-refractivity contribution in [2.45, 2.75) is 31.9 Å². The third-order valence-corrected chi connectivity index (χ3v) is 3.32. The zero-order chi connectivity index (χ0) is 13.2. The molecule has 1 saturated carbocycles. The predicted molar refractivity (Wildman–Crippen MR) is 75.1 cm³/mol. The summed E-state index contributed by atoms with van der Waals surface area (Å²) in [7, 11) is 0. The molecule has 19 heavy (non-hydrogen) atoms. The maximum Gasteiger partial charge on any atom is 0.120 e. The maximum atomic E-state index is 6.32. The molecule has 1 atom stereocenters. The van der Waals surface area contributed by atoms with Crippen LogP contribution in [0.5, 0.6) is 5.75 Å². The van der Waals surface area contributed by atoms with Gasteiger partial charge in [-0.3, -0.25) is 4.98 Å². The molecule has 0 aliphatic heterocycles. The summed E-state index contributed by atoms with van der Waals surface area (Å²) >= 11 is 0. The van der Waals surface area contributed by atoms with Gasteiger partial charge in [0.15, 0.2) is 0 Å². The first kappa shape index (κ1) is 12.2. The largest absolute Gasteiger partial charge is 0.490 e. The zero-order valence-corrected chi connectivity index (χ0v) is 11.0. The van der Waals surface area contributed by atoms with Gasteiger partial charge >= 0.3 is 0 Å². The van der Waals surface area contributed by atoms with Crippen LogP contribution in [-0.2, 0) is 0 Å². The molecule has 0 saturated heterocycles. The number of hydrogen-bond donors (Lipinski definition) is 1. The normalized spacial score (nSPS) is 16.1. The van der Waals surface area contributed by atoms with Crippen LogP contribution in [0.1, 0.15) is 35.7 Å². The topological polar surface area (TPSA) is 48.1 Å². The van der Waals surface area contributed by atoms with Gasteiger partial charge in [-0.2, -0.15) is 0 Å². The van der Waals surface area contributed by atoms with E-state index < -0.39 is 0 Å². The maximum absolute atomic E-state index is 6.32. The highest BCUT2D eigenvalue weighted by atomic mass is 16.5. The van der Waals surface area contributed by atoms with Crippen LogP contribution in [0.4, 0.5) is 0 Å². The number of benzene rings is 1. The molecule has 3 heteroatoms. The van der Waals surface area contributed by atoms with Gasteiger partial charge in [0.2, 0.25) is 0 Å². The lowest BCUT2D eigenvalue weighted by atomic mass is 10.00. The van der Waals surface area contributed by atoms with E-state index >= 15 is 0 Å². The summed E-state index contributed by atoms with van der Waals surface area (Å²) in [4.78, 5) is 4.20. The van der Waals surface area contributed by atoms with E-state index in [4.69, 9.17) is 10.5 Å². The van der Waals surface area contributed by atoms with E-state index in [-0.39, 0.29) is 6.04 Å². The Labute approximate surface area is 113 Å². The Hall–Kier alpha value is -1.87. The molecule has 0 bridgehead atoms. The minimum absolute atomic E-state index is 0.135. The highest BCUT2D eigenvalue weighted by Gasteiger charge is 2.23. The van der Waals surface area contributed by atoms with Crippen molar-refractivity contribution in [1.29, 1.82) is 0 Å². The van der Waals surface area contributed by atoms with E-state index in [0.29, 0.717) is 6.10 Å². The molecule has 1 aromatic carbocycles. The molecular weight excluding hydrogens is 236 g/mol. The van der Waals surface area contributed by atoms with Crippen LogP contribution in [0.3, 0.4) is 0 Å². The summed E-state index contributed by atoms with van der Waals surface area (Å²) in [5.41, 5.74) is 9.45. The van der Waals surface area contributed by atoms with Crippen LogP contribution < -0.4 is 10.5 Å². The zero-order valence-electron chi connectivity index (χ0n) is 11.0. The second kappa shape index (κ2) is 5.02. The molecule has 3 rings (SSSR count). The second-order valence-electron chi connectivity index (χ2n) is 5.10. The van der Waals surface area contributed by atoms with Crippen molar-refractivity contribution in [2.24, 2.45) is 5.73 Å². The molecule has 2 aromatic rings. The number of hydrogen-bond acceptors (Lipinski definition) is 3. The molecule has 3 nitrogen and oxygen atoms in total. The molecule has 1 aliphatic carbocycles. The van der Waals surface area contributed by atoms with Crippen molar-refractivity contribution < 1.29 is 4.74 Å². The number of pyridine rings is 1. The Kier molecular flexibility index (Phi) is 3.22. The number of nitrogens with zero attached hydrogens (tertiary/aromatic N) is 1. The summed E-state index contributed by atoms with van der Waals surface area (Å²) in [5, 5.41) is 0. The van der Waals surface area contributed by atoms with Crippen molar-refractivity contribution in [3.63, 3.8) is 0 Å². The molecule has 0 radical (unpaired) electrons. The first-order chi connectivity index (χ1) is 9.22. The lowest BCUT2D eigenvalue weighted by Crippen LogP contribution is -2.12. The Morgan fingerprint density at radius 2 is 2.00 bits per heavy atom. The smallest absolute Gasteiger partial charge is 0.120 e. The van der Waals surface area contributed by atoms with Gasteiger partial charge in [0.05, 0.1) is 12.1 Å². The minimum atomic E-state index is -0.135. The number of nitrogens with two attached hydrogens (primary N) is 1. The van der Waals surface area contributed by atoms with E-state index in [1.807, 2.05) is 43.3 Å². The van der Waals surface area contributed by atoms with Crippen molar-refractivity contribution >= 4 is 0 Å². The van der Waals surface area contributed by atoms with Gasteiger partial charge in [0.25, 0.3) is 0 Å². The highest BCUT2D eigenvalue weighted by Crippen LogP contribution is 2.29. The number of aryl methyl sites for hydroxylation is 1. The van der Waals surface area contributed by atoms with Crippen LogP contribution in [0.15, 0.2) is 42.6 Å². The van der Waals surface area contributed by atoms with Gasteiger partial charge in [-0.15, -0.1) is 0 Å². The van der Waals surface area contributed by atoms with Crippen molar-refractivity contribution in [2.75, 3.05) is 0 Å². The first-order valence-corrected chi connectivity index (χ1v) is 6.67. The van der Waals surface area contributed by atoms with E-state index in [9.17, 15) is 0 Å². The second-order valence-corrected chi connectivity index (χ2v) is 5.10. The van der Waals surface area contributed by atoms with Crippen LogP contribution in [0.2, 0.25) is 0 Å². The number of ether oxygens (including phenoxy) is 1. The summed E-state index contributed by atoms with van der Waals surface area (Å²) in [6.45, 7) is 1.98. The average molecular weight is 254 g/mol. The fourth-order valence-corrected chi connectivity index (χ4v) is 2.11. The third kappa shape index (κ3) is 2.93. The quantitative estimate of drug-likeness (QED) is 0.912. The Morgan fingerprint density at radius 3 is 2.74 bits per heavy atom. The van der Waals surface area contributed by atoms with Crippen LogP contribution in [-0.4, -0.2) is 11.1 Å². The van der Waals surface area contributed by atoms with Crippen molar-refractivity contribution in [3.05, 3.63) is 59.4 Å². The average Bonchev–Trinajstić information content (AvgIpc) is 3.22. The molecule has 1 unspecified atom stereocenters. The Bertz CT molecular complexity index is 578. The van der Waals surface area contributed by atoms with E-state index in [1.54, 1.807) is 6.20 Å². The molecule has 98 valence electrons. The summed E-state index contributed by atoms with van der Waals surface area (Å²) in [6, 6.07) is 11.9. The number of rotatable bonds is 4. The standard InChI is InChI=1S/C16H18N2O/c1-11-9-13(7-8-18-11)16(17)12-3-2-4-15(10-12)19-14-5-6-14/h2-4,7-10,14,16H,5-6,17H2,1H3. The molecule has 1 aliphatic rings. The van der Waals surface area contributed by atoms with Gasteiger partial charge in [-0.05, 0) is 55.2 Å². The lowest BCUT2D eigenvalue weighted by molar-refractivity contribution is 0.303. The molecule has 1 fully saturated rings. The summed E-state index contributed by atoms with van der Waals surface area (Å²) in [6.07, 6.45) is 4.55. The molecule has 1 heterocycles. The monoisotopic (exact) mass is 254 g/mol. The number of aromatic nitrogens is 1. The third-order valence-electron chi connectivity index (χ3n) is 3.32. The van der Waals surface area contributed by atoms with Gasteiger partial charge < -0.3 is 10.5 Å². The van der Waals surface area contributed by atoms with E-state index in [1.165, 1.54) is 12.8 Å².